The van der Waals surface area contributed by atoms with Crippen LogP contribution in [0, 0.1) is 5.92 Å². The standard InChI is InChI=1S/C11H16O3/c1-2-3-8-6-10-11(7-9(8)12)14-5-4-13-10/h2,8,10-11H,1,3-7H2. The van der Waals surface area contributed by atoms with Crippen molar-refractivity contribution in [3.63, 3.8) is 0 Å². The Labute approximate surface area is 84.1 Å². The van der Waals surface area contributed by atoms with Crippen LogP contribution in [0.2, 0.25) is 0 Å². The summed E-state index contributed by atoms with van der Waals surface area (Å²) >= 11 is 0. The molecule has 0 aromatic carbocycles. The van der Waals surface area contributed by atoms with E-state index in [1.54, 1.807) is 0 Å². The lowest BCUT2D eigenvalue weighted by Gasteiger charge is -2.37. The Morgan fingerprint density at radius 2 is 2.07 bits per heavy atom. The maximum atomic E-state index is 11.7. The predicted molar refractivity (Wildman–Crippen MR) is 52.0 cm³/mol. The monoisotopic (exact) mass is 196 g/mol. The zero-order valence-electron chi connectivity index (χ0n) is 8.28. The molecule has 1 saturated heterocycles. The number of fused-ring (bicyclic) bond motifs is 1. The molecule has 78 valence electrons. The van der Waals surface area contributed by atoms with Gasteiger partial charge in [-0.1, -0.05) is 6.08 Å². The highest BCUT2D eigenvalue weighted by molar-refractivity contribution is 5.82. The number of ether oxygens (including phenoxy) is 2. The third-order valence-electron chi connectivity index (χ3n) is 2.99. The fourth-order valence-electron chi connectivity index (χ4n) is 2.23. The first-order chi connectivity index (χ1) is 6.81. The normalized spacial score (nSPS) is 37.7. The molecule has 0 aromatic heterocycles. The minimum atomic E-state index is 0.0114. The summed E-state index contributed by atoms with van der Waals surface area (Å²) in [6.07, 6.45) is 4.04. The van der Waals surface area contributed by atoms with Crippen LogP contribution in [0.4, 0.5) is 0 Å². The smallest absolute Gasteiger partial charge is 0.139 e. The van der Waals surface area contributed by atoms with Gasteiger partial charge in [-0.05, 0) is 12.8 Å². The number of allylic oxidation sites excluding steroid dienone is 1. The number of hydrogen-bond donors (Lipinski definition) is 0. The molecule has 0 N–H and O–H groups in total. The number of carbonyl (C=O) groups excluding carboxylic acids is 1. The first kappa shape index (κ1) is 9.87. The summed E-state index contributed by atoms with van der Waals surface area (Å²) in [7, 11) is 0. The first-order valence-electron chi connectivity index (χ1n) is 5.18. The SMILES string of the molecule is C=CCC1CC2OCCOC2CC1=O. The fourth-order valence-corrected chi connectivity index (χ4v) is 2.23. The molecule has 2 aliphatic rings. The average Bonchev–Trinajstić information content (AvgIpc) is 2.19. The molecule has 3 unspecified atom stereocenters. The zero-order valence-corrected chi connectivity index (χ0v) is 8.28. The molecule has 1 heterocycles. The van der Waals surface area contributed by atoms with E-state index in [1.807, 2.05) is 6.08 Å². The van der Waals surface area contributed by atoms with E-state index in [9.17, 15) is 4.79 Å². The van der Waals surface area contributed by atoms with Gasteiger partial charge >= 0.3 is 0 Å². The Kier molecular flexibility index (Phi) is 2.99. The molecular formula is C11H16O3. The second-order valence-electron chi connectivity index (χ2n) is 3.95. The highest BCUT2D eigenvalue weighted by Crippen LogP contribution is 2.30. The molecule has 3 nitrogen and oxygen atoms in total. The zero-order chi connectivity index (χ0) is 9.97. The summed E-state index contributed by atoms with van der Waals surface area (Å²) in [5.74, 6) is 0.409. The molecule has 0 radical (unpaired) electrons. The van der Waals surface area contributed by atoms with Crippen molar-refractivity contribution in [2.75, 3.05) is 13.2 Å². The van der Waals surface area contributed by atoms with E-state index in [-0.39, 0.29) is 18.1 Å². The van der Waals surface area contributed by atoms with Crippen LogP contribution in [0.1, 0.15) is 19.3 Å². The summed E-state index contributed by atoms with van der Waals surface area (Å²) in [6.45, 7) is 4.96. The van der Waals surface area contributed by atoms with Crippen molar-refractivity contribution in [1.82, 2.24) is 0 Å². The van der Waals surface area contributed by atoms with Gasteiger partial charge in [-0.2, -0.15) is 0 Å². The van der Waals surface area contributed by atoms with Crippen molar-refractivity contribution in [3.8, 4) is 0 Å². The van der Waals surface area contributed by atoms with E-state index < -0.39 is 0 Å². The van der Waals surface area contributed by atoms with Crippen LogP contribution in [0.25, 0.3) is 0 Å². The van der Waals surface area contributed by atoms with E-state index >= 15 is 0 Å². The van der Waals surface area contributed by atoms with Gasteiger partial charge in [0.05, 0.1) is 25.4 Å². The molecule has 1 saturated carbocycles. The van der Waals surface area contributed by atoms with Gasteiger partial charge in [0.25, 0.3) is 0 Å². The second kappa shape index (κ2) is 4.24. The highest BCUT2D eigenvalue weighted by atomic mass is 16.6. The van der Waals surface area contributed by atoms with Crippen molar-refractivity contribution >= 4 is 5.78 Å². The molecule has 0 aromatic rings. The van der Waals surface area contributed by atoms with Crippen molar-refractivity contribution < 1.29 is 14.3 Å². The molecule has 3 atom stereocenters. The predicted octanol–water partition coefficient (Wildman–Crippen LogP) is 1.33. The van der Waals surface area contributed by atoms with Crippen molar-refractivity contribution in [1.29, 1.82) is 0 Å². The van der Waals surface area contributed by atoms with Crippen LogP contribution in [0.3, 0.4) is 0 Å². The summed E-state index contributed by atoms with van der Waals surface area (Å²) in [5, 5.41) is 0. The number of ketones is 1. The Morgan fingerprint density at radius 1 is 1.36 bits per heavy atom. The van der Waals surface area contributed by atoms with Crippen LogP contribution in [0.5, 0.6) is 0 Å². The van der Waals surface area contributed by atoms with Gasteiger partial charge in [-0.3, -0.25) is 4.79 Å². The summed E-state index contributed by atoms with van der Waals surface area (Å²) < 4.78 is 11.1. The van der Waals surface area contributed by atoms with Gasteiger partial charge in [0.2, 0.25) is 0 Å². The van der Waals surface area contributed by atoms with Gasteiger partial charge < -0.3 is 9.47 Å². The summed E-state index contributed by atoms with van der Waals surface area (Å²) in [4.78, 5) is 11.7. The Morgan fingerprint density at radius 3 is 2.79 bits per heavy atom. The van der Waals surface area contributed by atoms with Gasteiger partial charge in [0.15, 0.2) is 0 Å². The Balaban J connectivity index is 1.99. The lowest BCUT2D eigenvalue weighted by molar-refractivity contribution is -0.169. The van der Waals surface area contributed by atoms with E-state index in [0.29, 0.717) is 25.4 Å². The maximum absolute atomic E-state index is 11.7. The maximum Gasteiger partial charge on any atom is 0.139 e. The van der Waals surface area contributed by atoms with Crippen molar-refractivity contribution in [2.45, 2.75) is 31.5 Å². The third-order valence-corrected chi connectivity index (χ3v) is 2.99. The van der Waals surface area contributed by atoms with E-state index in [4.69, 9.17) is 9.47 Å². The second-order valence-corrected chi connectivity index (χ2v) is 3.95. The fraction of sp³-hybridized carbons (Fsp3) is 0.727. The summed E-state index contributed by atoms with van der Waals surface area (Å²) in [5.41, 5.74) is 0. The molecule has 0 bridgehead atoms. The molecule has 2 rings (SSSR count). The van der Waals surface area contributed by atoms with E-state index in [2.05, 4.69) is 6.58 Å². The van der Waals surface area contributed by atoms with Gasteiger partial charge in [0, 0.05) is 12.3 Å². The van der Waals surface area contributed by atoms with E-state index in [1.165, 1.54) is 0 Å². The minimum absolute atomic E-state index is 0.0114. The number of hydrogen-bond acceptors (Lipinski definition) is 3. The van der Waals surface area contributed by atoms with Crippen molar-refractivity contribution in [3.05, 3.63) is 12.7 Å². The van der Waals surface area contributed by atoms with Crippen LogP contribution in [0.15, 0.2) is 12.7 Å². The molecule has 3 heteroatoms. The Hall–Kier alpha value is -0.670. The molecule has 0 spiro atoms. The Bertz CT molecular complexity index is 237. The molecule has 14 heavy (non-hydrogen) atoms. The molecule has 1 aliphatic heterocycles. The first-order valence-corrected chi connectivity index (χ1v) is 5.18. The molecule has 0 amide bonds. The topological polar surface area (TPSA) is 35.5 Å². The summed E-state index contributed by atoms with van der Waals surface area (Å²) in [6, 6.07) is 0. The highest BCUT2D eigenvalue weighted by Gasteiger charge is 2.38. The lowest BCUT2D eigenvalue weighted by atomic mass is 9.82. The number of rotatable bonds is 2. The quantitative estimate of drug-likeness (QED) is 0.625. The van der Waals surface area contributed by atoms with Crippen LogP contribution in [-0.4, -0.2) is 31.2 Å². The molecular weight excluding hydrogens is 180 g/mol. The van der Waals surface area contributed by atoms with Crippen molar-refractivity contribution in [2.24, 2.45) is 5.92 Å². The third kappa shape index (κ3) is 1.88. The van der Waals surface area contributed by atoms with Gasteiger partial charge in [0.1, 0.15) is 5.78 Å². The largest absolute Gasteiger partial charge is 0.373 e. The molecule has 2 fully saturated rings. The molecule has 1 aliphatic carbocycles. The van der Waals surface area contributed by atoms with Gasteiger partial charge in [-0.15, -0.1) is 6.58 Å². The van der Waals surface area contributed by atoms with Crippen LogP contribution >= 0.6 is 0 Å². The van der Waals surface area contributed by atoms with Crippen LogP contribution in [-0.2, 0) is 14.3 Å². The average molecular weight is 196 g/mol. The lowest BCUT2D eigenvalue weighted by Crippen LogP contribution is -2.46. The van der Waals surface area contributed by atoms with Gasteiger partial charge in [-0.25, -0.2) is 0 Å². The minimum Gasteiger partial charge on any atom is -0.373 e. The number of carbonyl (C=O) groups is 1. The van der Waals surface area contributed by atoms with E-state index in [0.717, 1.165) is 12.8 Å². The van der Waals surface area contributed by atoms with Crippen LogP contribution < -0.4 is 0 Å². The number of Topliss-reactive ketones (excluding diaryl/α,β-unsaturated/α-hetero) is 1.